The maximum absolute atomic E-state index is 10.2. The van der Waals surface area contributed by atoms with Gasteiger partial charge in [0, 0.05) is 56.2 Å². The zero-order chi connectivity index (χ0) is 14.7. The number of hydrogen-bond donors (Lipinski definition) is 1. The summed E-state index contributed by atoms with van der Waals surface area (Å²) in [5, 5.41) is 17.4. The average Bonchev–Trinajstić information content (AvgIpc) is 3.11. The predicted molar refractivity (Wildman–Crippen MR) is 83.6 cm³/mol. The highest BCUT2D eigenvalue weighted by molar-refractivity contribution is 7.13. The second-order valence-corrected chi connectivity index (χ2v) is 6.37. The van der Waals surface area contributed by atoms with Gasteiger partial charge in [-0.2, -0.15) is 5.10 Å². The van der Waals surface area contributed by atoms with Crippen molar-refractivity contribution >= 4 is 16.5 Å². The molecule has 0 saturated carbocycles. The molecule has 2 atom stereocenters. The fourth-order valence-electron chi connectivity index (χ4n) is 2.82. The minimum Gasteiger partial charge on any atom is -0.390 e. The van der Waals surface area contributed by atoms with Gasteiger partial charge in [0.1, 0.15) is 0 Å². The number of thiazole rings is 1. The van der Waals surface area contributed by atoms with E-state index < -0.39 is 0 Å². The molecule has 0 radical (unpaired) electrons. The lowest BCUT2D eigenvalue weighted by molar-refractivity contribution is 0.0863. The Labute approximate surface area is 128 Å². The van der Waals surface area contributed by atoms with E-state index >= 15 is 0 Å². The summed E-state index contributed by atoms with van der Waals surface area (Å²) >= 11 is 1.69. The summed E-state index contributed by atoms with van der Waals surface area (Å²) in [6.07, 6.45) is 5.09. The third-order valence-corrected chi connectivity index (χ3v) is 4.61. The van der Waals surface area contributed by atoms with Gasteiger partial charge in [-0.05, 0) is 13.0 Å². The summed E-state index contributed by atoms with van der Waals surface area (Å²) < 4.78 is 1.78. The van der Waals surface area contributed by atoms with Crippen molar-refractivity contribution in [3.63, 3.8) is 0 Å². The van der Waals surface area contributed by atoms with E-state index in [0.29, 0.717) is 19.1 Å². The predicted octanol–water partition coefficient (Wildman–Crippen LogP) is 0.911. The number of aliphatic hydroxyl groups excluding tert-OH is 1. The minimum absolute atomic E-state index is 0.386. The van der Waals surface area contributed by atoms with E-state index in [1.807, 2.05) is 23.8 Å². The molecule has 2 aromatic rings. The second kappa shape index (κ2) is 6.55. The van der Waals surface area contributed by atoms with E-state index in [2.05, 4.69) is 26.8 Å². The summed E-state index contributed by atoms with van der Waals surface area (Å²) in [5.74, 6) is 0. The van der Waals surface area contributed by atoms with Gasteiger partial charge in [0.25, 0.3) is 0 Å². The van der Waals surface area contributed by atoms with E-state index in [1.54, 1.807) is 22.2 Å². The number of rotatable bonds is 5. The lowest BCUT2D eigenvalue weighted by atomic mass is 10.2. The van der Waals surface area contributed by atoms with Crippen LogP contribution >= 0.6 is 11.3 Å². The van der Waals surface area contributed by atoms with Gasteiger partial charge in [-0.1, -0.05) is 0 Å². The molecule has 2 aromatic heterocycles. The van der Waals surface area contributed by atoms with Crippen molar-refractivity contribution in [3.8, 4) is 0 Å². The minimum atomic E-state index is -0.386. The Kier molecular flexibility index (Phi) is 4.52. The van der Waals surface area contributed by atoms with Gasteiger partial charge in [0.2, 0.25) is 0 Å². The second-order valence-electron chi connectivity index (χ2n) is 5.50. The summed E-state index contributed by atoms with van der Waals surface area (Å²) in [6, 6.07) is 2.29. The Morgan fingerprint density at radius 1 is 1.38 bits per heavy atom. The van der Waals surface area contributed by atoms with Gasteiger partial charge in [0.15, 0.2) is 5.13 Å². The van der Waals surface area contributed by atoms with E-state index in [0.717, 1.165) is 24.8 Å². The fourth-order valence-corrected chi connectivity index (χ4v) is 3.59. The van der Waals surface area contributed by atoms with Gasteiger partial charge >= 0.3 is 0 Å². The van der Waals surface area contributed by atoms with Crippen LogP contribution in [0.3, 0.4) is 0 Å². The summed E-state index contributed by atoms with van der Waals surface area (Å²) in [7, 11) is 0. The molecular formula is C14H21N5OS. The van der Waals surface area contributed by atoms with Crippen molar-refractivity contribution in [2.45, 2.75) is 25.6 Å². The Hall–Kier alpha value is -1.44. The lowest BCUT2D eigenvalue weighted by Crippen LogP contribution is -2.53. The van der Waals surface area contributed by atoms with Crippen LogP contribution in [-0.2, 0) is 6.54 Å². The topological polar surface area (TPSA) is 57.4 Å². The molecule has 0 aliphatic carbocycles. The monoisotopic (exact) mass is 307 g/mol. The molecule has 6 nitrogen and oxygen atoms in total. The smallest absolute Gasteiger partial charge is 0.185 e. The fraction of sp³-hybridized carbons (Fsp3) is 0.571. The highest BCUT2D eigenvalue weighted by atomic mass is 32.1. The molecule has 3 rings (SSSR count). The summed E-state index contributed by atoms with van der Waals surface area (Å²) in [6.45, 7) is 6.33. The van der Waals surface area contributed by atoms with Gasteiger partial charge in [0.05, 0.1) is 12.6 Å². The normalized spacial score (nSPS) is 21.6. The van der Waals surface area contributed by atoms with Gasteiger partial charge in [-0.25, -0.2) is 4.98 Å². The molecule has 0 aromatic carbocycles. The van der Waals surface area contributed by atoms with Crippen molar-refractivity contribution in [1.82, 2.24) is 19.7 Å². The lowest BCUT2D eigenvalue weighted by Gasteiger charge is -2.40. The van der Waals surface area contributed by atoms with Crippen molar-refractivity contribution in [1.29, 1.82) is 0 Å². The third kappa shape index (κ3) is 3.61. The average molecular weight is 307 g/mol. The molecule has 114 valence electrons. The first-order valence-corrected chi connectivity index (χ1v) is 8.14. The number of aliphatic hydroxyl groups is 1. The molecular weight excluding hydrogens is 286 g/mol. The van der Waals surface area contributed by atoms with Gasteiger partial charge in [-0.3, -0.25) is 9.58 Å². The number of nitrogens with zero attached hydrogens (tertiary/aromatic N) is 5. The Bertz CT molecular complexity index is 528. The Morgan fingerprint density at radius 3 is 2.95 bits per heavy atom. The van der Waals surface area contributed by atoms with Crippen LogP contribution in [0.25, 0.3) is 0 Å². The van der Waals surface area contributed by atoms with Gasteiger partial charge in [-0.15, -0.1) is 11.3 Å². The molecule has 3 heterocycles. The largest absolute Gasteiger partial charge is 0.390 e. The number of anilines is 1. The molecule has 1 saturated heterocycles. The van der Waals surface area contributed by atoms with E-state index in [1.165, 1.54) is 0 Å². The van der Waals surface area contributed by atoms with Crippen molar-refractivity contribution in [2.24, 2.45) is 0 Å². The van der Waals surface area contributed by atoms with Crippen LogP contribution < -0.4 is 4.90 Å². The highest BCUT2D eigenvalue weighted by Crippen LogP contribution is 2.22. The van der Waals surface area contributed by atoms with Crippen LogP contribution in [0.4, 0.5) is 5.13 Å². The molecule has 7 heteroatoms. The molecule has 21 heavy (non-hydrogen) atoms. The highest BCUT2D eigenvalue weighted by Gasteiger charge is 2.26. The number of β-amino-alcohol motifs (C(OH)–C–C–N with tert-alkyl or cyclic N) is 1. The standard InChI is InChI=1S/C14H21N5OS/c1-12-9-17(6-7-19(12)14-15-4-8-21-14)10-13(20)11-18-5-2-3-16-18/h2-5,8,12-13,20H,6-7,9-11H2,1H3. The van der Waals surface area contributed by atoms with Crippen molar-refractivity contribution in [2.75, 3.05) is 31.1 Å². The molecule has 1 aliphatic heterocycles. The first-order chi connectivity index (χ1) is 10.2. The first kappa shape index (κ1) is 14.5. The number of hydrogen-bond acceptors (Lipinski definition) is 6. The van der Waals surface area contributed by atoms with Crippen LogP contribution in [0.15, 0.2) is 30.0 Å². The van der Waals surface area contributed by atoms with Crippen molar-refractivity contribution < 1.29 is 5.11 Å². The van der Waals surface area contributed by atoms with Crippen LogP contribution in [0.5, 0.6) is 0 Å². The molecule has 2 unspecified atom stereocenters. The maximum atomic E-state index is 10.2. The first-order valence-electron chi connectivity index (χ1n) is 7.26. The van der Waals surface area contributed by atoms with Crippen molar-refractivity contribution in [3.05, 3.63) is 30.0 Å². The number of aromatic nitrogens is 3. The SMILES string of the molecule is CC1CN(CC(O)Cn2cccn2)CCN1c1nccs1. The van der Waals surface area contributed by atoms with E-state index in [-0.39, 0.29) is 6.10 Å². The molecule has 1 N–H and O–H groups in total. The van der Waals surface area contributed by atoms with Gasteiger partial charge < -0.3 is 10.0 Å². The third-order valence-electron chi connectivity index (χ3n) is 3.80. The molecule has 1 fully saturated rings. The van der Waals surface area contributed by atoms with Crippen LogP contribution in [0.2, 0.25) is 0 Å². The van der Waals surface area contributed by atoms with E-state index in [4.69, 9.17) is 0 Å². The molecule has 0 spiro atoms. The van der Waals surface area contributed by atoms with Crippen LogP contribution in [0, 0.1) is 0 Å². The molecule has 1 aliphatic rings. The zero-order valence-electron chi connectivity index (χ0n) is 12.2. The summed E-state index contributed by atoms with van der Waals surface area (Å²) in [4.78, 5) is 9.06. The Balaban J connectivity index is 1.50. The quantitative estimate of drug-likeness (QED) is 0.890. The Morgan fingerprint density at radius 2 is 2.29 bits per heavy atom. The van der Waals surface area contributed by atoms with Crippen LogP contribution in [0.1, 0.15) is 6.92 Å². The number of piperazine rings is 1. The molecule has 0 amide bonds. The summed E-state index contributed by atoms with van der Waals surface area (Å²) in [5.41, 5.74) is 0. The molecule has 0 bridgehead atoms. The van der Waals surface area contributed by atoms with E-state index in [9.17, 15) is 5.11 Å². The maximum Gasteiger partial charge on any atom is 0.185 e. The van der Waals surface area contributed by atoms with Crippen LogP contribution in [-0.4, -0.2) is 63.1 Å². The zero-order valence-corrected chi connectivity index (χ0v) is 13.0.